The maximum absolute atomic E-state index is 11.5. The van der Waals surface area contributed by atoms with Crippen LogP contribution in [0.4, 0.5) is 0 Å². The predicted octanol–water partition coefficient (Wildman–Crippen LogP) is 4.86. The highest BCUT2D eigenvalue weighted by Crippen LogP contribution is 2.68. The van der Waals surface area contributed by atoms with E-state index in [-0.39, 0.29) is 5.92 Å². The molecule has 4 aliphatic rings. The average molecular weight is 377 g/mol. The number of hydrogen-bond donors (Lipinski definition) is 1. The standard InChI is InChI=1S/C24H40O3/c1-16(14-25)19-7-8-20-18-6-5-17-13-24(26,15-27-4)12-11-22(17,2)21(18)9-10-23(19,20)3/h14,16-21,26H,5-13,15H2,1-4H3/t16-,17+,18+,19-,20+,21+,22+,23-,24+/m1/s1. The minimum absolute atomic E-state index is 0.210. The first-order valence-electron chi connectivity index (χ1n) is 11.4. The smallest absolute Gasteiger partial charge is 0.123 e. The van der Waals surface area contributed by atoms with Gasteiger partial charge in [0.15, 0.2) is 0 Å². The molecule has 4 aliphatic carbocycles. The Bertz CT molecular complexity index is 576. The van der Waals surface area contributed by atoms with Crippen molar-refractivity contribution in [3.8, 4) is 0 Å². The molecular weight excluding hydrogens is 336 g/mol. The van der Waals surface area contributed by atoms with E-state index in [1.807, 2.05) is 0 Å². The Morgan fingerprint density at radius 2 is 1.78 bits per heavy atom. The fourth-order valence-electron chi connectivity index (χ4n) is 8.72. The van der Waals surface area contributed by atoms with Gasteiger partial charge < -0.3 is 14.6 Å². The molecule has 27 heavy (non-hydrogen) atoms. The summed E-state index contributed by atoms with van der Waals surface area (Å²) in [4.78, 5) is 11.5. The van der Waals surface area contributed by atoms with Crippen LogP contribution in [0.5, 0.6) is 0 Å². The summed E-state index contributed by atoms with van der Waals surface area (Å²) in [5, 5.41) is 11.0. The van der Waals surface area contributed by atoms with Crippen molar-refractivity contribution in [3.63, 3.8) is 0 Å². The van der Waals surface area contributed by atoms with E-state index in [9.17, 15) is 9.90 Å². The molecule has 0 saturated heterocycles. The summed E-state index contributed by atoms with van der Waals surface area (Å²) in [5.41, 5.74) is 0.154. The molecule has 4 fully saturated rings. The Labute approximate surface area is 165 Å². The van der Waals surface area contributed by atoms with Gasteiger partial charge in [-0.25, -0.2) is 0 Å². The summed E-state index contributed by atoms with van der Waals surface area (Å²) < 4.78 is 5.34. The van der Waals surface area contributed by atoms with Crippen LogP contribution in [-0.2, 0) is 9.53 Å². The van der Waals surface area contributed by atoms with E-state index in [0.717, 1.165) is 37.0 Å². The van der Waals surface area contributed by atoms with E-state index in [1.165, 1.54) is 44.8 Å². The summed E-state index contributed by atoms with van der Waals surface area (Å²) in [5.74, 6) is 3.89. The molecule has 3 heteroatoms. The van der Waals surface area contributed by atoms with Gasteiger partial charge in [-0.15, -0.1) is 0 Å². The molecular formula is C24H40O3. The van der Waals surface area contributed by atoms with Crippen molar-refractivity contribution in [2.75, 3.05) is 13.7 Å². The number of ether oxygens (including phenoxy) is 1. The number of carbonyl (C=O) groups is 1. The average Bonchev–Trinajstić information content (AvgIpc) is 2.99. The third-order valence-corrected chi connectivity index (χ3v) is 10.2. The van der Waals surface area contributed by atoms with Gasteiger partial charge >= 0.3 is 0 Å². The molecule has 3 nitrogen and oxygen atoms in total. The zero-order valence-electron chi connectivity index (χ0n) is 17.9. The summed E-state index contributed by atoms with van der Waals surface area (Å²) in [7, 11) is 1.71. The van der Waals surface area contributed by atoms with Crippen LogP contribution < -0.4 is 0 Å². The lowest BCUT2D eigenvalue weighted by molar-refractivity contribution is -0.163. The fourth-order valence-corrected chi connectivity index (χ4v) is 8.72. The molecule has 0 aromatic carbocycles. The van der Waals surface area contributed by atoms with Crippen molar-refractivity contribution in [1.29, 1.82) is 0 Å². The van der Waals surface area contributed by atoms with Gasteiger partial charge in [-0.2, -0.15) is 0 Å². The number of hydrogen-bond acceptors (Lipinski definition) is 3. The van der Waals surface area contributed by atoms with Crippen LogP contribution in [0.3, 0.4) is 0 Å². The molecule has 154 valence electrons. The van der Waals surface area contributed by atoms with Gasteiger partial charge in [-0.1, -0.05) is 20.8 Å². The molecule has 0 radical (unpaired) electrons. The lowest BCUT2D eigenvalue weighted by atomic mass is 9.43. The van der Waals surface area contributed by atoms with Gasteiger partial charge in [0.05, 0.1) is 12.2 Å². The van der Waals surface area contributed by atoms with Gasteiger partial charge in [0, 0.05) is 13.0 Å². The van der Waals surface area contributed by atoms with Crippen molar-refractivity contribution < 1.29 is 14.6 Å². The normalized spacial score (nSPS) is 53.1. The van der Waals surface area contributed by atoms with Crippen molar-refractivity contribution in [2.45, 2.75) is 84.2 Å². The van der Waals surface area contributed by atoms with E-state index in [0.29, 0.717) is 29.3 Å². The predicted molar refractivity (Wildman–Crippen MR) is 107 cm³/mol. The second kappa shape index (κ2) is 6.83. The Balaban J connectivity index is 1.55. The molecule has 9 atom stereocenters. The zero-order chi connectivity index (χ0) is 19.4. The number of rotatable bonds is 4. The van der Waals surface area contributed by atoms with E-state index in [4.69, 9.17) is 4.74 Å². The summed E-state index contributed by atoms with van der Waals surface area (Å²) in [6.07, 6.45) is 12.0. The molecule has 0 amide bonds. The van der Waals surface area contributed by atoms with E-state index in [2.05, 4.69) is 20.8 Å². The minimum atomic E-state index is -0.604. The van der Waals surface area contributed by atoms with E-state index in [1.54, 1.807) is 7.11 Å². The number of carbonyl (C=O) groups excluding carboxylic acids is 1. The van der Waals surface area contributed by atoms with E-state index < -0.39 is 5.60 Å². The van der Waals surface area contributed by atoms with Gasteiger partial charge in [0.25, 0.3) is 0 Å². The lowest BCUT2D eigenvalue weighted by Crippen LogP contribution is -2.56. The molecule has 0 aromatic rings. The monoisotopic (exact) mass is 376 g/mol. The van der Waals surface area contributed by atoms with Crippen LogP contribution in [0, 0.1) is 46.3 Å². The van der Waals surface area contributed by atoms with Crippen molar-refractivity contribution >= 4 is 6.29 Å². The summed E-state index contributed by atoms with van der Waals surface area (Å²) in [6.45, 7) is 7.69. The zero-order valence-corrected chi connectivity index (χ0v) is 17.9. The Hall–Kier alpha value is -0.410. The molecule has 0 heterocycles. The largest absolute Gasteiger partial charge is 0.387 e. The first-order chi connectivity index (χ1) is 12.8. The van der Waals surface area contributed by atoms with Crippen LogP contribution in [0.1, 0.15) is 78.6 Å². The number of fused-ring (bicyclic) bond motifs is 5. The first-order valence-corrected chi connectivity index (χ1v) is 11.4. The number of methoxy groups -OCH3 is 1. The second-order valence-corrected chi connectivity index (χ2v) is 11.2. The Morgan fingerprint density at radius 3 is 2.48 bits per heavy atom. The van der Waals surface area contributed by atoms with Crippen molar-refractivity contribution in [2.24, 2.45) is 46.3 Å². The third kappa shape index (κ3) is 2.94. The molecule has 4 rings (SSSR count). The Morgan fingerprint density at radius 1 is 1.04 bits per heavy atom. The molecule has 0 aromatic heterocycles. The molecule has 0 aliphatic heterocycles. The third-order valence-electron chi connectivity index (χ3n) is 10.2. The van der Waals surface area contributed by atoms with Gasteiger partial charge in [0.1, 0.15) is 6.29 Å². The summed E-state index contributed by atoms with van der Waals surface area (Å²) in [6, 6.07) is 0. The van der Waals surface area contributed by atoms with Crippen molar-refractivity contribution in [1.82, 2.24) is 0 Å². The maximum Gasteiger partial charge on any atom is 0.123 e. The van der Waals surface area contributed by atoms with Crippen LogP contribution in [0.15, 0.2) is 0 Å². The van der Waals surface area contributed by atoms with Crippen molar-refractivity contribution in [3.05, 3.63) is 0 Å². The minimum Gasteiger partial charge on any atom is -0.387 e. The highest BCUT2D eigenvalue weighted by atomic mass is 16.5. The molecule has 0 unspecified atom stereocenters. The van der Waals surface area contributed by atoms with Gasteiger partial charge in [-0.05, 0) is 98.2 Å². The van der Waals surface area contributed by atoms with Crippen LogP contribution >= 0.6 is 0 Å². The first kappa shape index (κ1) is 19.9. The van der Waals surface area contributed by atoms with E-state index >= 15 is 0 Å². The Kier molecular flexibility index (Phi) is 5.03. The quantitative estimate of drug-likeness (QED) is 0.713. The fraction of sp³-hybridized carbons (Fsp3) is 0.958. The highest BCUT2D eigenvalue weighted by Gasteiger charge is 2.61. The summed E-state index contributed by atoms with van der Waals surface area (Å²) >= 11 is 0. The number of aliphatic hydroxyl groups is 1. The molecule has 0 bridgehead atoms. The van der Waals surface area contributed by atoms with Crippen LogP contribution in [0.25, 0.3) is 0 Å². The SMILES string of the molecule is COC[C@]1(O)CC[C@@]2(C)[C@@H](CC[C@@H]3[C@@H]2CC[C@]2(C)[C@@H]([C@H](C)C=O)CC[C@@H]32)C1. The number of aldehydes is 1. The second-order valence-electron chi connectivity index (χ2n) is 11.2. The van der Waals surface area contributed by atoms with Crippen LogP contribution in [0.2, 0.25) is 0 Å². The molecule has 4 saturated carbocycles. The van der Waals surface area contributed by atoms with Gasteiger partial charge in [0.2, 0.25) is 0 Å². The maximum atomic E-state index is 11.5. The van der Waals surface area contributed by atoms with Gasteiger partial charge in [-0.3, -0.25) is 0 Å². The topological polar surface area (TPSA) is 46.5 Å². The molecule has 0 spiro atoms. The highest BCUT2D eigenvalue weighted by molar-refractivity contribution is 5.53. The van der Waals surface area contributed by atoms with Crippen LogP contribution in [-0.4, -0.2) is 30.7 Å². The molecule has 1 N–H and O–H groups in total. The lowest BCUT2D eigenvalue weighted by Gasteiger charge is -2.62.